The molecule has 78 valence electrons. The maximum atomic E-state index is 9.22. The highest BCUT2D eigenvalue weighted by Gasteiger charge is 2.05. The third-order valence-electron chi connectivity index (χ3n) is 1.47. The molecule has 0 rings (SSSR count). The zero-order chi connectivity index (χ0) is 11.0. The summed E-state index contributed by atoms with van der Waals surface area (Å²) in [6, 6.07) is 0. The lowest BCUT2D eigenvalue weighted by Gasteiger charge is -2.03. The molecule has 0 aliphatic carbocycles. The highest BCUT2D eigenvalue weighted by atomic mass is 16.4. The second-order valence-electron chi connectivity index (χ2n) is 2.46. The molecule has 0 fully saturated rings. The Labute approximate surface area is 82.4 Å². The fourth-order valence-electron chi connectivity index (χ4n) is 0.826. The summed E-state index contributed by atoms with van der Waals surface area (Å²) in [7, 11) is 0. The van der Waals surface area contributed by atoms with Gasteiger partial charge in [0.1, 0.15) is 0 Å². The minimum absolute atomic E-state index is 0.0468. The van der Waals surface area contributed by atoms with E-state index in [4.69, 9.17) is 10.3 Å². The summed E-state index contributed by atoms with van der Waals surface area (Å²) in [6.07, 6.45) is 3.97. The van der Waals surface area contributed by atoms with Gasteiger partial charge < -0.3 is 15.4 Å². The Hall–Kier alpha value is -1.62. The molecule has 0 aliphatic heterocycles. The zero-order valence-corrected chi connectivity index (χ0v) is 8.18. The maximum Gasteiger partial charge on any atom is 0.0984 e. The average Bonchev–Trinajstić information content (AvgIpc) is 2.17. The van der Waals surface area contributed by atoms with Gasteiger partial charge in [0.15, 0.2) is 0 Å². The van der Waals surface area contributed by atoms with Gasteiger partial charge in [-0.1, -0.05) is 5.16 Å². The molecule has 0 aromatic heterocycles. The van der Waals surface area contributed by atoms with Crippen LogP contribution in [-0.2, 0) is 0 Å². The smallest absolute Gasteiger partial charge is 0.0984 e. The molecule has 0 atom stereocenters. The van der Waals surface area contributed by atoms with Gasteiger partial charge in [-0.05, 0) is 13.8 Å². The van der Waals surface area contributed by atoms with E-state index in [9.17, 15) is 5.11 Å². The van der Waals surface area contributed by atoms with E-state index < -0.39 is 0 Å². The van der Waals surface area contributed by atoms with Gasteiger partial charge in [-0.3, -0.25) is 4.99 Å². The third kappa shape index (κ3) is 3.86. The molecule has 0 saturated carbocycles. The molecule has 0 heterocycles. The van der Waals surface area contributed by atoms with Crippen LogP contribution in [0.1, 0.15) is 13.8 Å². The molecule has 5 nitrogen and oxygen atoms in total. The molecule has 14 heavy (non-hydrogen) atoms. The molecule has 0 saturated heterocycles. The Bertz CT molecular complexity index is 286. The van der Waals surface area contributed by atoms with Crippen molar-refractivity contribution in [3.8, 4) is 0 Å². The standard InChI is InChI=1S/C9H14N2O3/c1-3-10-4-8(6-12)9(5-11-14)7(2)13/h3-5,12-14H,6H2,1-2H3/b8-4-,9-7?,10-3+,11-5+. The highest BCUT2D eigenvalue weighted by Crippen LogP contribution is 2.11. The van der Waals surface area contributed by atoms with Crippen LogP contribution in [0.2, 0.25) is 0 Å². The van der Waals surface area contributed by atoms with Crippen LogP contribution < -0.4 is 0 Å². The van der Waals surface area contributed by atoms with Gasteiger partial charge in [0, 0.05) is 23.6 Å². The Kier molecular flexibility index (Phi) is 6.06. The largest absolute Gasteiger partial charge is 0.512 e. The molecule has 0 aliphatic rings. The molecular weight excluding hydrogens is 184 g/mol. The van der Waals surface area contributed by atoms with Crippen molar-refractivity contribution < 1.29 is 15.4 Å². The van der Waals surface area contributed by atoms with E-state index in [2.05, 4.69) is 10.1 Å². The number of aliphatic hydroxyl groups is 2. The number of nitrogens with zero attached hydrogens (tertiary/aromatic N) is 2. The number of aliphatic hydroxyl groups excluding tert-OH is 2. The van der Waals surface area contributed by atoms with E-state index in [1.165, 1.54) is 19.3 Å². The van der Waals surface area contributed by atoms with Gasteiger partial charge in [0.2, 0.25) is 0 Å². The molecular formula is C9H14N2O3. The lowest BCUT2D eigenvalue weighted by Crippen LogP contribution is -2.00. The number of allylic oxidation sites excluding steroid dienone is 1. The van der Waals surface area contributed by atoms with Crippen LogP contribution in [0.5, 0.6) is 0 Å². The second-order valence-corrected chi connectivity index (χ2v) is 2.46. The predicted molar refractivity (Wildman–Crippen MR) is 54.9 cm³/mol. The van der Waals surface area contributed by atoms with E-state index in [-0.39, 0.29) is 17.9 Å². The fourth-order valence-corrected chi connectivity index (χ4v) is 0.826. The zero-order valence-electron chi connectivity index (χ0n) is 8.18. The third-order valence-corrected chi connectivity index (χ3v) is 1.47. The van der Waals surface area contributed by atoms with Crippen LogP contribution in [0.3, 0.4) is 0 Å². The van der Waals surface area contributed by atoms with Gasteiger partial charge in [0.25, 0.3) is 0 Å². The van der Waals surface area contributed by atoms with Crippen LogP contribution in [0.4, 0.5) is 0 Å². The van der Waals surface area contributed by atoms with E-state index in [0.29, 0.717) is 5.57 Å². The quantitative estimate of drug-likeness (QED) is 0.209. The van der Waals surface area contributed by atoms with E-state index in [1.807, 2.05) is 0 Å². The van der Waals surface area contributed by atoms with Crippen LogP contribution in [0.25, 0.3) is 0 Å². The summed E-state index contributed by atoms with van der Waals surface area (Å²) >= 11 is 0. The first-order valence-electron chi connectivity index (χ1n) is 4.02. The van der Waals surface area contributed by atoms with Crippen molar-refractivity contribution in [3.63, 3.8) is 0 Å². The van der Waals surface area contributed by atoms with Crippen molar-refractivity contribution in [2.75, 3.05) is 6.61 Å². The molecule has 0 radical (unpaired) electrons. The number of rotatable bonds is 4. The van der Waals surface area contributed by atoms with Gasteiger partial charge >= 0.3 is 0 Å². The van der Waals surface area contributed by atoms with Crippen molar-refractivity contribution in [2.45, 2.75) is 13.8 Å². The number of oxime groups is 1. The molecule has 5 heteroatoms. The molecule has 0 aromatic rings. The molecule has 0 bridgehead atoms. The predicted octanol–water partition coefficient (Wildman–Crippen LogP) is 1.25. The Morgan fingerprint density at radius 2 is 2.07 bits per heavy atom. The number of hydrogen-bond donors (Lipinski definition) is 3. The van der Waals surface area contributed by atoms with Gasteiger partial charge in [-0.2, -0.15) is 0 Å². The minimum atomic E-state index is -0.295. The topological polar surface area (TPSA) is 85.4 Å². The summed E-state index contributed by atoms with van der Waals surface area (Å²) in [4.78, 5) is 3.79. The second kappa shape index (κ2) is 6.85. The maximum absolute atomic E-state index is 9.22. The molecule has 0 unspecified atom stereocenters. The van der Waals surface area contributed by atoms with Crippen molar-refractivity contribution in [1.82, 2.24) is 0 Å². The van der Waals surface area contributed by atoms with E-state index in [1.54, 1.807) is 6.92 Å². The Morgan fingerprint density at radius 1 is 1.43 bits per heavy atom. The first-order chi connectivity index (χ1) is 6.67. The summed E-state index contributed by atoms with van der Waals surface area (Å²) in [5.41, 5.74) is 0.626. The van der Waals surface area contributed by atoms with Crippen LogP contribution in [0.15, 0.2) is 33.3 Å². The van der Waals surface area contributed by atoms with Crippen molar-refractivity contribution in [2.24, 2.45) is 10.1 Å². The molecule has 0 amide bonds. The van der Waals surface area contributed by atoms with Crippen LogP contribution in [-0.4, -0.2) is 34.5 Å². The first-order valence-corrected chi connectivity index (χ1v) is 4.02. The lowest BCUT2D eigenvalue weighted by molar-refractivity contribution is 0.319. The van der Waals surface area contributed by atoms with Gasteiger partial charge in [-0.25, -0.2) is 0 Å². The summed E-state index contributed by atoms with van der Waals surface area (Å²) in [6.45, 7) is 2.85. The first kappa shape index (κ1) is 12.4. The normalized spacial score (nSPS) is 15.2. The molecule has 0 aromatic carbocycles. The summed E-state index contributed by atoms with van der Waals surface area (Å²) < 4.78 is 0. The Balaban J connectivity index is 5.07. The van der Waals surface area contributed by atoms with Crippen LogP contribution in [0, 0.1) is 0 Å². The number of hydrogen-bond acceptors (Lipinski definition) is 5. The van der Waals surface area contributed by atoms with E-state index in [0.717, 1.165) is 6.21 Å². The van der Waals surface area contributed by atoms with Gasteiger partial charge in [-0.15, -0.1) is 0 Å². The highest BCUT2D eigenvalue weighted by molar-refractivity contribution is 5.84. The van der Waals surface area contributed by atoms with Crippen LogP contribution >= 0.6 is 0 Å². The van der Waals surface area contributed by atoms with E-state index >= 15 is 0 Å². The minimum Gasteiger partial charge on any atom is -0.512 e. The monoisotopic (exact) mass is 198 g/mol. The average molecular weight is 198 g/mol. The lowest BCUT2D eigenvalue weighted by atomic mass is 10.1. The molecule has 3 N–H and O–H groups in total. The number of aliphatic imine (C=N–C) groups is 1. The van der Waals surface area contributed by atoms with Gasteiger partial charge in [0.05, 0.1) is 18.6 Å². The molecule has 0 spiro atoms. The SMILES string of the molecule is C/C=N/C=C(/CO)C(/C=N/O)=C(C)O. The van der Waals surface area contributed by atoms with Crippen molar-refractivity contribution in [1.29, 1.82) is 0 Å². The fraction of sp³-hybridized carbons (Fsp3) is 0.333. The summed E-state index contributed by atoms with van der Waals surface area (Å²) in [5, 5.41) is 29.3. The van der Waals surface area contributed by atoms with Crippen molar-refractivity contribution >= 4 is 12.4 Å². The summed E-state index contributed by atoms with van der Waals surface area (Å²) in [5.74, 6) is -0.0468. The van der Waals surface area contributed by atoms with Crippen molar-refractivity contribution in [3.05, 3.63) is 23.1 Å². The Morgan fingerprint density at radius 3 is 2.43 bits per heavy atom.